The van der Waals surface area contributed by atoms with Crippen LogP contribution in [0.3, 0.4) is 0 Å². The number of carbonyl (C=O) groups is 1. The van der Waals surface area contributed by atoms with Gasteiger partial charge in [0.2, 0.25) is 5.88 Å². The first-order chi connectivity index (χ1) is 19.8. The standard InChI is InChI=1S/C32H26ClF2N3O3/c1-21-29(20-37(19-22-10-12-24(34)13-11-22)31(39)28-8-3-4-9-30(28)35)32(41-27-16-14-26(40-2)15-17-27)38(36-21)25-7-5-6-23(33)18-25/h3-18H,19-20H2,1-2H3. The molecule has 9 heteroatoms. The van der Waals surface area contributed by atoms with E-state index in [0.29, 0.717) is 44.9 Å². The molecular formula is C32H26ClF2N3O3. The molecule has 0 atom stereocenters. The summed E-state index contributed by atoms with van der Waals surface area (Å²) in [5.41, 5.74) is 2.45. The summed E-state index contributed by atoms with van der Waals surface area (Å²) in [5, 5.41) is 5.23. The minimum Gasteiger partial charge on any atom is -0.497 e. The van der Waals surface area contributed by atoms with Crippen LogP contribution in [0.15, 0.2) is 97.1 Å². The van der Waals surface area contributed by atoms with Crippen molar-refractivity contribution in [2.24, 2.45) is 0 Å². The number of amides is 1. The molecule has 1 amide bonds. The Balaban J connectivity index is 1.59. The SMILES string of the molecule is COc1ccc(Oc2c(CN(Cc3ccc(F)cc3)C(=O)c3ccccc3F)c(C)nn2-c2cccc(Cl)c2)cc1. The number of rotatable bonds is 9. The molecule has 0 saturated carbocycles. The Labute approximate surface area is 241 Å². The number of methoxy groups -OCH3 is 1. The van der Waals surface area contributed by atoms with Gasteiger partial charge in [-0.25, -0.2) is 13.5 Å². The van der Waals surface area contributed by atoms with E-state index in [4.69, 9.17) is 26.2 Å². The summed E-state index contributed by atoms with van der Waals surface area (Å²) < 4.78 is 41.6. The molecule has 0 bridgehead atoms. The van der Waals surface area contributed by atoms with E-state index in [0.717, 1.165) is 0 Å². The minimum atomic E-state index is -0.636. The summed E-state index contributed by atoms with van der Waals surface area (Å²) in [6, 6.07) is 25.8. The molecule has 4 aromatic carbocycles. The number of benzene rings is 4. The molecule has 5 rings (SSSR count). The third kappa shape index (κ3) is 6.39. The molecule has 0 aliphatic heterocycles. The molecule has 0 fully saturated rings. The quantitative estimate of drug-likeness (QED) is 0.181. The summed E-state index contributed by atoms with van der Waals surface area (Å²) in [6.45, 7) is 1.93. The highest BCUT2D eigenvalue weighted by Crippen LogP contribution is 2.33. The predicted molar refractivity (Wildman–Crippen MR) is 153 cm³/mol. The molecule has 0 unspecified atom stereocenters. The Kier molecular flexibility index (Phi) is 8.31. The van der Waals surface area contributed by atoms with Crippen LogP contribution in [0.4, 0.5) is 8.78 Å². The predicted octanol–water partition coefficient (Wildman–Crippen LogP) is 7.76. The van der Waals surface area contributed by atoms with Gasteiger partial charge in [-0.1, -0.05) is 41.9 Å². The third-order valence-corrected chi connectivity index (χ3v) is 6.73. The lowest BCUT2D eigenvalue weighted by molar-refractivity contribution is 0.0724. The van der Waals surface area contributed by atoms with E-state index in [2.05, 4.69) is 0 Å². The Morgan fingerprint density at radius 1 is 0.902 bits per heavy atom. The fourth-order valence-electron chi connectivity index (χ4n) is 4.37. The van der Waals surface area contributed by atoms with E-state index < -0.39 is 17.5 Å². The molecule has 1 heterocycles. The molecule has 0 radical (unpaired) electrons. The summed E-state index contributed by atoms with van der Waals surface area (Å²) in [7, 11) is 1.58. The summed E-state index contributed by atoms with van der Waals surface area (Å²) in [5.74, 6) is -0.0193. The number of nitrogens with zero attached hydrogens (tertiary/aromatic N) is 3. The Bertz CT molecular complexity index is 1670. The van der Waals surface area contributed by atoms with Crippen molar-refractivity contribution in [3.8, 4) is 23.1 Å². The third-order valence-electron chi connectivity index (χ3n) is 6.49. The highest BCUT2D eigenvalue weighted by molar-refractivity contribution is 6.30. The van der Waals surface area contributed by atoms with Gasteiger partial charge in [0.25, 0.3) is 5.91 Å². The average molecular weight is 574 g/mol. The maximum absolute atomic E-state index is 14.7. The zero-order valence-electron chi connectivity index (χ0n) is 22.4. The Morgan fingerprint density at radius 2 is 1.61 bits per heavy atom. The van der Waals surface area contributed by atoms with Gasteiger partial charge in [-0.05, 0) is 79.2 Å². The zero-order valence-corrected chi connectivity index (χ0v) is 23.1. The van der Waals surface area contributed by atoms with Crippen molar-refractivity contribution in [2.45, 2.75) is 20.0 Å². The van der Waals surface area contributed by atoms with E-state index in [9.17, 15) is 13.6 Å². The molecule has 5 aromatic rings. The molecule has 0 saturated heterocycles. The van der Waals surface area contributed by atoms with Gasteiger partial charge in [-0.3, -0.25) is 4.79 Å². The van der Waals surface area contributed by atoms with E-state index in [1.807, 2.05) is 6.07 Å². The van der Waals surface area contributed by atoms with Gasteiger partial charge in [0, 0.05) is 11.6 Å². The molecule has 0 spiro atoms. The fraction of sp³-hybridized carbons (Fsp3) is 0.125. The Hall–Kier alpha value is -4.69. The lowest BCUT2D eigenvalue weighted by Gasteiger charge is -2.24. The van der Waals surface area contributed by atoms with E-state index in [1.54, 1.807) is 79.4 Å². The Morgan fingerprint density at radius 3 is 2.29 bits per heavy atom. The normalized spacial score (nSPS) is 10.9. The molecule has 0 aliphatic carbocycles. The summed E-state index contributed by atoms with van der Waals surface area (Å²) in [4.78, 5) is 15.2. The van der Waals surface area contributed by atoms with Crippen molar-refractivity contribution < 1.29 is 23.0 Å². The van der Waals surface area contributed by atoms with E-state index in [-0.39, 0.29) is 18.7 Å². The summed E-state index contributed by atoms with van der Waals surface area (Å²) >= 11 is 6.29. The number of ether oxygens (including phenoxy) is 2. The number of halogens is 3. The van der Waals surface area contributed by atoms with Gasteiger partial charge in [0.1, 0.15) is 23.1 Å². The maximum atomic E-state index is 14.7. The van der Waals surface area contributed by atoms with Crippen LogP contribution in [0.25, 0.3) is 5.69 Å². The second kappa shape index (κ2) is 12.2. The van der Waals surface area contributed by atoms with Gasteiger partial charge in [0.05, 0.1) is 36.2 Å². The van der Waals surface area contributed by atoms with Crippen molar-refractivity contribution in [2.75, 3.05) is 7.11 Å². The lowest BCUT2D eigenvalue weighted by Crippen LogP contribution is -2.31. The fourth-order valence-corrected chi connectivity index (χ4v) is 4.55. The largest absolute Gasteiger partial charge is 0.497 e. The van der Waals surface area contributed by atoms with Crippen LogP contribution < -0.4 is 9.47 Å². The number of carbonyl (C=O) groups excluding carboxylic acids is 1. The van der Waals surface area contributed by atoms with Gasteiger partial charge >= 0.3 is 0 Å². The topological polar surface area (TPSA) is 56.6 Å². The zero-order chi connectivity index (χ0) is 28.9. The van der Waals surface area contributed by atoms with Gasteiger partial charge in [0.15, 0.2) is 0 Å². The van der Waals surface area contributed by atoms with E-state index in [1.165, 1.54) is 35.2 Å². The first kappa shape index (κ1) is 27.9. The van der Waals surface area contributed by atoms with Gasteiger partial charge in [-0.2, -0.15) is 5.10 Å². The lowest BCUT2D eigenvalue weighted by atomic mass is 10.1. The number of aromatic nitrogens is 2. The van der Waals surface area contributed by atoms with Crippen LogP contribution in [-0.2, 0) is 13.1 Å². The van der Waals surface area contributed by atoms with Crippen molar-refractivity contribution in [1.29, 1.82) is 0 Å². The molecule has 1 aromatic heterocycles. The van der Waals surface area contributed by atoms with Crippen LogP contribution in [0, 0.1) is 18.6 Å². The first-order valence-corrected chi connectivity index (χ1v) is 13.1. The van der Waals surface area contributed by atoms with Crippen LogP contribution in [-0.4, -0.2) is 27.7 Å². The second-order valence-corrected chi connectivity index (χ2v) is 9.74. The summed E-state index contributed by atoms with van der Waals surface area (Å²) in [6.07, 6.45) is 0. The minimum absolute atomic E-state index is 0.0302. The number of aryl methyl sites for hydroxylation is 1. The number of hydrogen-bond acceptors (Lipinski definition) is 4. The molecule has 208 valence electrons. The molecule has 0 N–H and O–H groups in total. The highest BCUT2D eigenvalue weighted by Gasteiger charge is 2.26. The monoisotopic (exact) mass is 573 g/mol. The van der Waals surface area contributed by atoms with Gasteiger partial charge < -0.3 is 14.4 Å². The van der Waals surface area contributed by atoms with Gasteiger partial charge in [-0.15, -0.1) is 0 Å². The first-order valence-electron chi connectivity index (χ1n) is 12.8. The molecule has 6 nitrogen and oxygen atoms in total. The van der Waals surface area contributed by atoms with Crippen molar-refractivity contribution in [1.82, 2.24) is 14.7 Å². The molecule has 0 aliphatic rings. The van der Waals surface area contributed by atoms with Crippen LogP contribution in [0.5, 0.6) is 17.4 Å². The van der Waals surface area contributed by atoms with Crippen molar-refractivity contribution in [3.63, 3.8) is 0 Å². The van der Waals surface area contributed by atoms with Crippen molar-refractivity contribution >= 4 is 17.5 Å². The van der Waals surface area contributed by atoms with Crippen molar-refractivity contribution in [3.05, 3.63) is 136 Å². The van der Waals surface area contributed by atoms with Crippen LogP contribution >= 0.6 is 11.6 Å². The van der Waals surface area contributed by atoms with Crippen LogP contribution in [0.2, 0.25) is 5.02 Å². The highest BCUT2D eigenvalue weighted by atomic mass is 35.5. The second-order valence-electron chi connectivity index (χ2n) is 9.31. The number of hydrogen-bond donors (Lipinski definition) is 0. The molecular weight excluding hydrogens is 548 g/mol. The maximum Gasteiger partial charge on any atom is 0.257 e. The van der Waals surface area contributed by atoms with Crippen LogP contribution in [0.1, 0.15) is 27.2 Å². The van der Waals surface area contributed by atoms with E-state index >= 15 is 0 Å². The smallest absolute Gasteiger partial charge is 0.257 e. The average Bonchev–Trinajstić information content (AvgIpc) is 3.28. The molecule has 41 heavy (non-hydrogen) atoms.